The van der Waals surface area contributed by atoms with Crippen LogP contribution in [0.15, 0.2) is 36.4 Å². The van der Waals surface area contributed by atoms with E-state index in [1.54, 1.807) is 19.2 Å². The lowest BCUT2D eigenvalue weighted by Crippen LogP contribution is -2.12. The fourth-order valence-corrected chi connectivity index (χ4v) is 3.11. The number of nitrogens with one attached hydrogen (secondary N) is 2. The number of amides is 1. The van der Waals surface area contributed by atoms with E-state index in [1.807, 2.05) is 31.2 Å². The highest BCUT2D eigenvalue weighted by atomic mass is 32.1. The fourth-order valence-electron chi connectivity index (χ4n) is 2.28. The van der Waals surface area contributed by atoms with Gasteiger partial charge in [0.2, 0.25) is 0 Å². The zero-order chi connectivity index (χ0) is 16.4. The Morgan fingerprint density at radius 2 is 2.13 bits per heavy atom. The van der Waals surface area contributed by atoms with Gasteiger partial charge < -0.3 is 10.1 Å². The van der Waals surface area contributed by atoms with Gasteiger partial charge in [-0.2, -0.15) is 0 Å². The maximum absolute atomic E-state index is 12.4. The van der Waals surface area contributed by atoms with Crippen molar-refractivity contribution in [3.05, 3.63) is 47.5 Å². The third kappa shape index (κ3) is 3.10. The van der Waals surface area contributed by atoms with E-state index in [9.17, 15) is 4.79 Å². The fraction of sp³-hybridized carbons (Fsp3) is 0.125. The van der Waals surface area contributed by atoms with Crippen LogP contribution in [0.4, 0.5) is 10.8 Å². The molecule has 4 N–H and O–H groups in total. The number of benzene rings is 2. The van der Waals surface area contributed by atoms with Gasteiger partial charge in [0, 0.05) is 17.3 Å². The van der Waals surface area contributed by atoms with E-state index in [0.717, 1.165) is 10.3 Å². The van der Waals surface area contributed by atoms with Crippen molar-refractivity contribution < 1.29 is 9.53 Å². The second-order valence-electron chi connectivity index (χ2n) is 5.01. The second-order valence-corrected chi connectivity index (χ2v) is 6.04. The number of hydrogen-bond donors (Lipinski definition) is 3. The SMILES string of the molecule is COc1cc(NC(=O)c2cccc(C)c2)cc2sc(NN)nc12. The first-order valence-corrected chi connectivity index (χ1v) is 7.75. The maximum atomic E-state index is 12.4. The molecular formula is C16H16N4O2S. The summed E-state index contributed by atoms with van der Waals surface area (Å²) in [6.07, 6.45) is 0. The van der Waals surface area contributed by atoms with Crippen LogP contribution in [0.25, 0.3) is 10.2 Å². The summed E-state index contributed by atoms with van der Waals surface area (Å²) in [6, 6.07) is 11.0. The molecule has 0 aliphatic heterocycles. The highest BCUT2D eigenvalue weighted by Gasteiger charge is 2.13. The largest absolute Gasteiger partial charge is 0.494 e. The number of anilines is 2. The van der Waals surface area contributed by atoms with Crippen LogP contribution in [0, 0.1) is 6.92 Å². The number of aryl methyl sites for hydroxylation is 1. The molecule has 6 nitrogen and oxygen atoms in total. The van der Waals surface area contributed by atoms with Crippen LogP contribution in [-0.4, -0.2) is 18.0 Å². The quantitative estimate of drug-likeness (QED) is 0.506. The molecule has 118 valence electrons. The van der Waals surface area contributed by atoms with Gasteiger partial charge in [-0.25, -0.2) is 10.8 Å². The van der Waals surface area contributed by atoms with E-state index in [4.69, 9.17) is 10.6 Å². The Balaban J connectivity index is 1.95. The van der Waals surface area contributed by atoms with Gasteiger partial charge in [-0.15, -0.1) is 0 Å². The van der Waals surface area contributed by atoms with Gasteiger partial charge in [-0.05, 0) is 25.1 Å². The number of aromatic nitrogens is 1. The molecule has 0 aliphatic rings. The van der Waals surface area contributed by atoms with E-state index in [2.05, 4.69) is 15.7 Å². The standard InChI is InChI=1S/C16H16N4O2S/c1-9-4-3-5-10(6-9)15(21)18-11-7-12(22-2)14-13(8-11)23-16(19-14)20-17/h3-8H,17H2,1-2H3,(H,18,21)(H,19,20). The van der Waals surface area contributed by atoms with Crippen molar-refractivity contribution in [2.75, 3.05) is 17.9 Å². The van der Waals surface area contributed by atoms with Crippen LogP contribution in [0.2, 0.25) is 0 Å². The van der Waals surface area contributed by atoms with Crippen molar-refractivity contribution in [1.82, 2.24) is 4.98 Å². The predicted molar refractivity (Wildman–Crippen MR) is 93.1 cm³/mol. The Kier molecular flexibility index (Phi) is 4.14. The molecule has 0 saturated carbocycles. The molecule has 0 bridgehead atoms. The number of nitrogens with zero attached hydrogens (tertiary/aromatic N) is 1. The molecule has 3 aromatic rings. The number of hydrazine groups is 1. The first-order chi connectivity index (χ1) is 11.1. The maximum Gasteiger partial charge on any atom is 0.255 e. The Labute approximate surface area is 137 Å². The molecule has 1 aromatic heterocycles. The Bertz CT molecular complexity index is 876. The van der Waals surface area contributed by atoms with Crippen LogP contribution in [-0.2, 0) is 0 Å². The van der Waals surface area contributed by atoms with E-state index in [1.165, 1.54) is 11.3 Å². The first-order valence-electron chi connectivity index (χ1n) is 6.94. The van der Waals surface area contributed by atoms with Gasteiger partial charge >= 0.3 is 0 Å². The number of hydrogen-bond acceptors (Lipinski definition) is 6. The van der Waals surface area contributed by atoms with Crippen molar-refractivity contribution in [3.63, 3.8) is 0 Å². The van der Waals surface area contributed by atoms with Crippen LogP contribution >= 0.6 is 11.3 Å². The van der Waals surface area contributed by atoms with Crippen molar-refractivity contribution in [1.29, 1.82) is 0 Å². The van der Waals surface area contributed by atoms with E-state index in [0.29, 0.717) is 27.6 Å². The van der Waals surface area contributed by atoms with Gasteiger partial charge in [0.15, 0.2) is 5.13 Å². The second kappa shape index (κ2) is 6.23. The Morgan fingerprint density at radius 1 is 1.30 bits per heavy atom. The normalized spacial score (nSPS) is 10.6. The van der Waals surface area contributed by atoms with Crippen molar-refractivity contribution >= 4 is 38.3 Å². The van der Waals surface area contributed by atoms with E-state index < -0.39 is 0 Å². The van der Waals surface area contributed by atoms with Crippen LogP contribution in [0.5, 0.6) is 5.75 Å². The molecule has 1 amide bonds. The summed E-state index contributed by atoms with van der Waals surface area (Å²) in [4.78, 5) is 16.7. The molecular weight excluding hydrogens is 312 g/mol. The molecule has 0 unspecified atom stereocenters. The topological polar surface area (TPSA) is 89.3 Å². The molecule has 0 aliphatic carbocycles. The number of nitrogen functional groups attached to an aromatic ring is 1. The minimum absolute atomic E-state index is 0.170. The number of fused-ring (bicyclic) bond motifs is 1. The molecule has 0 saturated heterocycles. The minimum atomic E-state index is -0.170. The number of carbonyl (C=O) groups is 1. The number of methoxy groups -OCH3 is 1. The zero-order valence-corrected chi connectivity index (χ0v) is 13.5. The van der Waals surface area contributed by atoms with Crippen molar-refractivity contribution in [2.45, 2.75) is 6.92 Å². The lowest BCUT2D eigenvalue weighted by atomic mass is 10.1. The zero-order valence-electron chi connectivity index (χ0n) is 12.7. The Morgan fingerprint density at radius 3 is 2.83 bits per heavy atom. The molecule has 3 rings (SSSR count). The van der Waals surface area contributed by atoms with Crippen LogP contribution < -0.4 is 21.3 Å². The highest BCUT2D eigenvalue weighted by Crippen LogP contribution is 2.35. The van der Waals surface area contributed by atoms with Crippen LogP contribution in [0.3, 0.4) is 0 Å². The number of thiazole rings is 1. The summed E-state index contributed by atoms with van der Waals surface area (Å²) >= 11 is 1.39. The lowest BCUT2D eigenvalue weighted by molar-refractivity contribution is 0.102. The highest BCUT2D eigenvalue weighted by molar-refractivity contribution is 7.22. The lowest BCUT2D eigenvalue weighted by Gasteiger charge is -2.08. The predicted octanol–water partition coefficient (Wildman–Crippen LogP) is 3.15. The Hall–Kier alpha value is -2.64. The molecule has 0 radical (unpaired) electrons. The summed E-state index contributed by atoms with van der Waals surface area (Å²) < 4.78 is 6.23. The van der Waals surface area contributed by atoms with Gasteiger partial charge in [-0.1, -0.05) is 29.0 Å². The summed E-state index contributed by atoms with van der Waals surface area (Å²) in [5.41, 5.74) is 5.52. The van der Waals surface area contributed by atoms with Crippen molar-refractivity contribution in [2.24, 2.45) is 5.84 Å². The van der Waals surface area contributed by atoms with Gasteiger partial charge in [0.25, 0.3) is 5.91 Å². The molecule has 7 heteroatoms. The average Bonchev–Trinajstić information content (AvgIpc) is 2.97. The monoisotopic (exact) mass is 328 g/mol. The first kappa shape index (κ1) is 15.3. The molecule has 0 atom stereocenters. The van der Waals surface area contributed by atoms with Gasteiger partial charge in [-0.3, -0.25) is 10.2 Å². The summed E-state index contributed by atoms with van der Waals surface area (Å²) in [5, 5.41) is 3.47. The molecule has 23 heavy (non-hydrogen) atoms. The molecule has 0 spiro atoms. The third-order valence-corrected chi connectivity index (χ3v) is 4.28. The number of carbonyl (C=O) groups excluding carboxylic acids is 1. The van der Waals surface area contributed by atoms with E-state index in [-0.39, 0.29) is 5.91 Å². The smallest absolute Gasteiger partial charge is 0.255 e. The molecule has 0 fully saturated rings. The van der Waals surface area contributed by atoms with Crippen molar-refractivity contribution in [3.8, 4) is 5.75 Å². The summed E-state index contributed by atoms with van der Waals surface area (Å²) in [5.74, 6) is 5.82. The van der Waals surface area contributed by atoms with Crippen LogP contribution in [0.1, 0.15) is 15.9 Å². The number of nitrogens with two attached hydrogens (primary N) is 1. The molecule has 1 heterocycles. The summed E-state index contributed by atoms with van der Waals surface area (Å²) in [6.45, 7) is 1.95. The third-order valence-electron chi connectivity index (χ3n) is 3.34. The van der Waals surface area contributed by atoms with Gasteiger partial charge in [0.1, 0.15) is 11.3 Å². The van der Waals surface area contributed by atoms with E-state index >= 15 is 0 Å². The number of rotatable bonds is 4. The van der Waals surface area contributed by atoms with Gasteiger partial charge in [0.05, 0.1) is 11.8 Å². The summed E-state index contributed by atoms with van der Waals surface area (Å²) in [7, 11) is 1.57. The average molecular weight is 328 g/mol. The number of ether oxygens (including phenoxy) is 1. The minimum Gasteiger partial charge on any atom is -0.494 e. The molecule has 2 aromatic carbocycles.